The third-order valence-electron chi connectivity index (χ3n) is 3.23. The fraction of sp³-hybridized carbons (Fsp3) is 0.167. The molecule has 0 saturated heterocycles. The molecule has 2 N–H and O–H groups in total. The van der Waals surface area contributed by atoms with Crippen LogP contribution in [0.3, 0.4) is 0 Å². The molecule has 2 amide bonds. The van der Waals surface area contributed by atoms with Crippen molar-refractivity contribution in [3.05, 3.63) is 58.6 Å². The zero-order chi connectivity index (χ0) is 18.4. The van der Waals surface area contributed by atoms with E-state index >= 15 is 0 Å². The number of benzene rings is 2. The maximum absolute atomic E-state index is 11.9. The van der Waals surface area contributed by atoms with E-state index < -0.39 is 18.5 Å². The highest BCUT2D eigenvalue weighted by atomic mass is 35.5. The van der Waals surface area contributed by atoms with Crippen molar-refractivity contribution in [3.63, 3.8) is 0 Å². The molecule has 0 aliphatic rings. The van der Waals surface area contributed by atoms with E-state index in [-0.39, 0.29) is 11.5 Å². The zero-order valence-corrected chi connectivity index (χ0v) is 14.5. The first-order valence-corrected chi connectivity index (χ1v) is 7.84. The van der Waals surface area contributed by atoms with Gasteiger partial charge in [-0.25, -0.2) is 4.79 Å². The highest BCUT2D eigenvalue weighted by Gasteiger charge is 2.11. The van der Waals surface area contributed by atoms with Crippen molar-refractivity contribution in [2.45, 2.75) is 13.8 Å². The van der Waals surface area contributed by atoms with Crippen LogP contribution in [0.4, 0.5) is 11.4 Å². The number of halogens is 1. The van der Waals surface area contributed by atoms with Gasteiger partial charge >= 0.3 is 5.97 Å². The van der Waals surface area contributed by atoms with Crippen LogP contribution >= 0.6 is 11.6 Å². The number of carbonyl (C=O) groups excluding carboxylic acids is 3. The molecule has 0 aliphatic heterocycles. The van der Waals surface area contributed by atoms with E-state index in [1.54, 1.807) is 30.3 Å². The summed E-state index contributed by atoms with van der Waals surface area (Å²) in [5.41, 5.74) is 2.27. The van der Waals surface area contributed by atoms with Crippen LogP contribution in [0.5, 0.6) is 0 Å². The molecule has 7 heteroatoms. The summed E-state index contributed by atoms with van der Waals surface area (Å²) in [5, 5.41) is 5.73. The van der Waals surface area contributed by atoms with Gasteiger partial charge in [-0.3, -0.25) is 9.59 Å². The maximum atomic E-state index is 11.9. The van der Waals surface area contributed by atoms with E-state index in [4.69, 9.17) is 16.3 Å². The molecule has 0 heterocycles. The third-order valence-corrected chi connectivity index (χ3v) is 3.64. The summed E-state index contributed by atoms with van der Waals surface area (Å²) in [7, 11) is 0. The van der Waals surface area contributed by atoms with Crippen molar-refractivity contribution in [1.29, 1.82) is 0 Å². The largest absolute Gasteiger partial charge is 0.452 e. The minimum Gasteiger partial charge on any atom is -0.452 e. The van der Waals surface area contributed by atoms with Crippen molar-refractivity contribution >= 4 is 40.8 Å². The average Bonchev–Trinajstić information content (AvgIpc) is 2.56. The second-order valence-corrected chi connectivity index (χ2v) is 5.75. The molecule has 2 aromatic rings. The Morgan fingerprint density at radius 2 is 1.64 bits per heavy atom. The first-order valence-electron chi connectivity index (χ1n) is 7.46. The summed E-state index contributed by atoms with van der Waals surface area (Å²) in [4.78, 5) is 34.7. The molecule has 25 heavy (non-hydrogen) atoms. The molecule has 2 aromatic carbocycles. The lowest BCUT2D eigenvalue weighted by molar-refractivity contribution is -0.119. The van der Waals surface area contributed by atoms with Gasteiger partial charge in [-0.15, -0.1) is 0 Å². The molecule has 0 aromatic heterocycles. The fourth-order valence-corrected chi connectivity index (χ4v) is 2.16. The first-order chi connectivity index (χ1) is 11.8. The van der Waals surface area contributed by atoms with Crippen LogP contribution < -0.4 is 10.6 Å². The minimum atomic E-state index is -0.633. The Kier molecular flexibility index (Phi) is 6.14. The van der Waals surface area contributed by atoms with E-state index in [1.807, 2.05) is 6.92 Å². The van der Waals surface area contributed by atoms with E-state index in [0.717, 1.165) is 5.56 Å². The van der Waals surface area contributed by atoms with Gasteiger partial charge in [-0.2, -0.15) is 0 Å². The Morgan fingerprint density at radius 3 is 2.24 bits per heavy atom. The van der Waals surface area contributed by atoms with Crippen LogP contribution in [0.2, 0.25) is 5.02 Å². The molecule has 0 spiro atoms. The van der Waals surface area contributed by atoms with Gasteiger partial charge < -0.3 is 15.4 Å². The van der Waals surface area contributed by atoms with E-state index in [1.165, 1.54) is 19.1 Å². The van der Waals surface area contributed by atoms with Crippen molar-refractivity contribution in [2.75, 3.05) is 17.2 Å². The van der Waals surface area contributed by atoms with Crippen LogP contribution in [-0.2, 0) is 14.3 Å². The number of amides is 2. The smallest absolute Gasteiger partial charge is 0.338 e. The number of nitrogens with one attached hydrogen (secondary N) is 2. The van der Waals surface area contributed by atoms with Crippen LogP contribution in [0.1, 0.15) is 22.8 Å². The van der Waals surface area contributed by atoms with Gasteiger partial charge in [-0.1, -0.05) is 17.7 Å². The zero-order valence-electron chi connectivity index (χ0n) is 13.8. The number of hydrogen-bond acceptors (Lipinski definition) is 4. The summed E-state index contributed by atoms with van der Waals surface area (Å²) in [6.07, 6.45) is 0. The molecule has 2 rings (SSSR count). The molecule has 6 nitrogen and oxygen atoms in total. The lowest BCUT2D eigenvalue weighted by Crippen LogP contribution is -2.21. The van der Waals surface area contributed by atoms with E-state index in [2.05, 4.69) is 10.6 Å². The van der Waals surface area contributed by atoms with Crippen LogP contribution in [0, 0.1) is 6.92 Å². The Labute approximate surface area is 150 Å². The van der Waals surface area contributed by atoms with Crippen molar-refractivity contribution < 1.29 is 19.1 Å². The highest BCUT2D eigenvalue weighted by molar-refractivity contribution is 6.31. The molecule has 0 bridgehead atoms. The van der Waals surface area contributed by atoms with Crippen LogP contribution in [-0.4, -0.2) is 24.4 Å². The summed E-state index contributed by atoms with van der Waals surface area (Å²) >= 11 is 5.99. The number of esters is 1. The predicted octanol–water partition coefficient (Wildman–Crippen LogP) is 3.40. The standard InChI is InChI=1S/C18H17ClN2O4/c1-11-3-6-15(9-16(11)19)21-17(23)10-25-18(24)13-4-7-14(8-5-13)20-12(2)22/h3-9H,10H2,1-2H3,(H,20,22)(H,21,23). The van der Waals surface area contributed by atoms with Gasteiger partial charge in [0.2, 0.25) is 5.91 Å². The van der Waals surface area contributed by atoms with Gasteiger partial charge in [0.05, 0.1) is 5.56 Å². The lowest BCUT2D eigenvalue weighted by Gasteiger charge is -2.08. The Bertz CT molecular complexity index is 803. The second kappa shape index (κ2) is 8.30. The second-order valence-electron chi connectivity index (χ2n) is 5.35. The van der Waals surface area contributed by atoms with Crippen molar-refractivity contribution in [1.82, 2.24) is 0 Å². The van der Waals surface area contributed by atoms with Gasteiger partial charge in [0, 0.05) is 23.3 Å². The molecule has 130 valence electrons. The van der Waals surface area contributed by atoms with E-state index in [9.17, 15) is 14.4 Å². The monoisotopic (exact) mass is 360 g/mol. The Hall–Kier alpha value is -2.86. The molecular weight excluding hydrogens is 344 g/mol. The number of rotatable bonds is 5. The van der Waals surface area contributed by atoms with Gasteiger partial charge in [0.1, 0.15) is 0 Å². The molecule has 0 fully saturated rings. The van der Waals surface area contributed by atoms with Gasteiger partial charge in [0.15, 0.2) is 6.61 Å². The molecule has 0 aliphatic carbocycles. The van der Waals surface area contributed by atoms with Crippen molar-refractivity contribution in [2.24, 2.45) is 0 Å². The Balaban J connectivity index is 1.87. The van der Waals surface area contributed by atoms with Crippen LogP contribution in [0.15, 0.2) is 42.5 Å². The summed E-state index contributed by atoms with van der Waals surface area (Å²) in [6.45, 7) is 2.83. The molecule has 0 saturated carbocycles. The van der Waals surface area contributed by atoms with Crippen LogP contribution in [0.25, 0.3) is 0 Å². The SMILES string of the molecule is CC(=O)Nc1ccc(C(=O)OCC(=O)Nc2ccc(C)c(Cl)c2)cc1. The average molecular weight is 361 g/mol. The number of anilines is 2. The predicted molar refractivity (Wildman–Crippen MR) is 95.8 cm³/mol. The normalized spacial score (nSPS) is 10.0. The number of aryl methyl sites for hydroxylation is 1. The Morgan fingerprint density at radius 1 is 1.00 bits per heavy atom. The van der Waals surface area contributed by atoms with Gasteiger partial charge in [0.25, 0.3) is 5.91 Å². The molecule has 0 atom stereocenters. The number of carbonyl (C=O) groups is 3. The molecular formula is C18H17ClN2O4. The molecule has 0 radical (unpaired) electrons. The highest BCUT2D eigenvalue weighted by Crippen LogP contribution is 2.19. The quantitative estimate of drug-likeness (QED) is 0.800. The summed E-state index contributed by atoms with van der Waals surface area (Å²) < 4.78 is 4.97. The van der Waals surface area contributed by atoms with E-state index in [0.29, 0.717) is 16.4 Å². The van der Waals surface area contributed by atoms with Gasteiger partial charge in [-0.05, 0) is 48.9 Å². The topological polar surface area (TPSA) is 84.5 Å². The lowest BCUT2D eigenvalue weighted by atomic mass is 10.2. The first kappa shape index (κ1) is 18.5. The maximum Gasteiger partial charge on any atom is 0.338 e. The fourth-order valence-electron chi connectivity index (χ4n) is 1.98. The summed E-state index contributed by atoms with van der Waals surface area (Å²) in [6, 6.07) is 11.3. The number of ether oxygens (including phenoxy) is 1. The third kappa shape index (κ3) is 5.61. The summed E-state index contributed by atoms with van der Waals surface area (Å²) in [5.74, 6) is -1.31. The minimum absolute atomic E-state index is 0.205. The van der Waals surface area contributed by atoms with Crippen molar-refractivity contribution in [3.8, 4) is 0 Å². The number of hydrogen-bond donors (Lipinski definition) is 2. The molecule has 0 unspecified atom stereocenters.